The molecule has 0 aliphatic heterocycles. The zero-order valence-corrected chi connectivity index (χ0v) is 12.0. The van der Waals surface area contributed by atoms with E-state index in [1.807, 2.05) is 24.3 Å². The third kappa shape index (κ3) is 2.73. The molecule has 0 radical (unpaired) electrons. The van der Waals surface area contributed by atoms with Crippen LogP contribution in [0.2, 0.25) is 0 Å². The smallest absolute Gasteiger partial charge is 0.303 e. The average Bonchev–Trinajstić information content (AvgIpc) is 2.63. The largest absolute Gasteiger partial charge is 0.481 e. The molecule has 0 saturated carbocycles. The minimum atomic E-state index is -0.883. The Labute approximate surface area is 127 Å². The molecule has 1 unspecified atom stereocenters. The number of hydrogen-bond donors (Lipinski definition) is 1. The standard InChI is InChI=1S/C18H16F2O2/c19-16-9-12-6-5-11-3-1-2-4-13(11)14(7-8-18(21)22)15(12)10-17(16)20/h1-4,9-10,14H,5-8H2,(H,21,22). The lowest BCUT2D eigenvalue weighted by Gasteiger charge is -2.20. The van der Waals surface area contributed by atoms with Crippen LogP contribution in [0.1, 0.15) is 41.0 Å². The molecular weight excluding hydrogens is 286 g/mol. The molecule has 0 amide bonds. The van der Waals surface area contributed by atoms with Crippen molar-refractivity contribution < 1.29 is 18.7 Å². The van der Waals surface area contributed by atoms with E-state index in [0.29, 0.717) is 18.4 Å². The molecular formula is C18H16F2O2. The lowest BCUT2D eigenvalue weighted by molar-refractivity contribution is -0.137. The Bertz CT molecular complexity index is 725. The second-order valence-electron chi connectivity index (χ2n) is 5.65. The number of carboxylic acid groups (broad SMARTS) is 1. The Morgan fingerprint density at radius 1 is 1.05 bits per heavy atom. The zero-order chi connectivity index (χ0) is 15.7. The van der Waals surface area contributed by atoms with E-state index in [2.05, 4.69) is 0 Å². The summed E-state index contributed by atoms with van der Waals surface area (Å²) in [6, 6.07) is 10.3. The molecule has 2 aromatic carbocycles. The van der Waals surface area contributed by atoms with E-state index in [-0.39, 0.29) is 12.3 Å². The minimum absolute atomic E-state index is 0.00254. The Kier molecular flexibility index (Phi) is 3.92. The van der Waals surface area contributed by atoms with E-state index < -0.39 is 17.6 Å². The number of fused-ring (bicyclic) bond motifs is 2. The maximum atomic E-state index is 13.7. The average molecular weight is 302 g/mol. The highest BCUT2D eigenvalue weighted by molar-refractivity contribution is 5.67. The Balaban J connectivity index is 2.12. The molecule has 2 nitrogen and oxygen atoms in total. The summed E-state index contributed by atoms with van der Waals surface area (Å²) in [5, 5.41) is 8.98. The molecule has 1 aliphatic rings. The molecule has 22 heavy (non-hydrogen) atoms. The summed E-state index contributed by atoms with van der Waals surface area (Å²) in [5.41, 5.74) is 3.62. The summed E-state index contributed by atoms with van der Waals surface area (Å²) in [6.45, 7) is 0. The number of hydrogen-bond acceptors (Lipinski definition) is 1. The molecule has 1 aliphatic carbocycles. The number of aliphatic carboxylic acids is 1. The first kappa shape index (κ1) is 14.7. The Hall–Kier alpha value is -2.23. The Morgan fingerprint density at radius 2 is 1.73 bits per heavy atom. The van der Waals surface area contributed by atoms with Gasteiger partial charge in [-0.05, 0) is 53.6 Å². The van der Waals surface area contributed by atoms with Crippen LogP contribution in [0, 0.1) is 11.6 Å². The van der Waals surface area contributed by atoms with Gasteiger partial charge in [0.25, 0.3) is 0 Å². The Morgan fingerprint density at radius 3 is 2.50 bits per heavy atom. The van der Waals surface area contributed by atoms with Crippen molar-refractivity contribution in [2.45, 2.75) is 31.6 Å². The van der Waals surface area contributed by atoms with Crippen LogP contribution in [-0.4, -0.2) is 11.1 Å². The maximum absolute atomic E-state index is 13.7. The monoisotopic (exact) mass is 302 g/mol. The number of halogens is 2. The van der Waals surface area contributed by atoms with Crippen molar-refractivity contribution in [3.63, 3.8) is 0 Å². The number of carboxylic acids is 1. The summed E-state index contributed by atoms with van der Waals surface area (Å²) >= 11 is 0. The number of benzene rings is 2. The first-order chi connectivity index (χ1) is 10.6. The van der Waals surface area contributed by atoms with Gasteiger partial charge < -0.3 is 5.11 Å². The molecule has 0 bridgehead atoms. The van der Waals surface area contributed by atoms with Crippen molar-refractivity contribution in [2.24, 2.45) is 0 Å². The fourth-order valence-electron chi connectivity index (χ4n) is 3.26. The highest BCUT2D eigenvalue weighted by Crippen LogP contribution is 2.38. The van der Waals surface area contributed by atoms with E-state index in [9.17, 15) is 13.6 Å². The van der Waals surface area contributed by atoms with Crippen LogP contribution in [0.5, 0.6) is 0 Å². The summed E-state index contributed by atoms with van der Waals surface area (Å²) in [7, 11) is 0. The molecule has 1 atom stereocenters. The van der Waals surface area contributed by atoms with Gasteiger partial charge >= 0.3 is 5.97 Å². The van der Waals surface area contributed by atoms with Crippen LogP contribution in [0.25, 0.3) is 0 Å². The van der Waals surface area contributed by atoms with Gasteiger partial charge in [-0.25, -0.2) is 8.78 Å². The molecule has 0 saturated heterocycles. The predicted octanol–water partition coefficient (Wildman–Crippen LogP) is 4.06. The zero-order valence-electron chi connectivity index (χ0n) is 12.0. The second kappa shape index (κ2) is 5.87. The fourth-order valence-corrected chi connectivity index (χ4v) is 3.26. The minimum Gasteiger partial charge on any atom is -0.481 e. The number of carbonyl (C=O) groups is 1. The van der Waals surface area contributed by atoms with Gasteiger partial charge in [-0.15, -0.1) is 0 Å². The lowest BCUT2D eigenvalue weighted by atomic mass is 9.84. The topological polar surface area (TPSA) is 37.3 Å². The van der Waals surface area contributed by atoms with Crippen molar-refractivity contribution in [3.8, 4) is 0 Å². The lowest BCUT2D eigenvalue weighted by Crippen LogP contribution is -2.08. The van der Waals surface area contributed by atoms with Crippen molar-refractivity contribution >= 4 is 5.97 Å². The van der Waals surface area contributed by atoms with Crippen LogP contribution in [0.15, 0.2) is 36.4 Å². The molecule has 0 spiro atoms. The quantitative estimate of drug-likeness (QED) is 0.928. The van der Waals surface area contributed by atoms with Gasteiger partial charge in [0.05, 0.1) is 0 Å². The molecule has 0 aromatic heterocycles. The van der Waals surface area contributed by atoms with Crippen molar-refractivity contribution in [2.75, 3.05) is 0 Å². The third-order valence-corrected chi connectivity index (χ3v) is 4.30. The van der Waals surface area contributed by atoms with Crippen molar-refractivity contribution in [1.29, 1.82) is 0 Å². The van der Waals surface area contributed by atoms with E-state index in [1.54, 1.807) is 0 Å². The van der Waals surface area contributed by atoms with Gasteiger partial charge in [0.15, 0.2) is 11.6 Å². The predicted molar refractivity (Wildman–Crippen MR) is 78.9 cm³/mol. The second-order valence-corrected chi connectivity index (χ2v) is 5.65. The maximum Gasteiger partial charge on any atom is 0.303 e. The SMILES string of the molecule is O=C(O)CCC1c2ccccc2CCc2cc(F)c(F)cc21. The highest BCUT2D eigenvalue weighted by Gasteiger charge is 2.25. The molecule has 114 valence electrons. The first-order valence-corrected chi connectivity index (χ1v) is 7.33. The molecule has 2 aromatic rings. The number of rotatable bonds is 3. The van der Waals surface area contributed by atoms with Crippen LogP contribution in [0.4, 0.5) is 8.78 Å². The molecule has 1 N–H and O–H groups in total. The van der Waals surface area contributed by atoms with E-state index in [0.717, 1.165) is 23.1 Å². The normalized spacial score (nSPS) is 16.5. The summed E-state index contributed by atoms with van der Waals surface area (Å²) in [6.07, 6.45) is 1.76. The van der Waals surface area contributed by atoms with Crippen molar-refractivity contribution in [3.05, 3.63) is 70.3 Å². The molecule has 4 heteroatoms. The van der Waals surface area contributed by atoms with Gasteiger partial charge in [-0.2, -0.15) is 0 Å². The summed E-state index contributed by atoms with van der Waals surface area (Å²) < 4.78 is 27.2. The van der Waals surface area contributed by atoms with Gasteiger partial charge in [-0.1, -0.05) is 24.3 Å². The highest BCUT2D eigenvalue weighted by atomic mass is 19.2. The van der Waals surface area contributed by atoms with Crippen LogP contribution in [0.3, 0.4) is 0 Å². The first-order valence-electron chi connectivity index (χ1n) is 7.33. The van der Waals surface area contributed by atoms with E-state index in [4.69, 9.17) is 5.11 Å². The van der Waals surface area contributed by atoms with Gasteiger partial charge in [-0.3, -0.25) is 4.79 Å². The van der Waals surface area contributed by atoms with Gasteiger partial charge in [0, 0.05) is 12.3 Å². The molecule has 3 rings (SSSR count). The number of aryl methyl sites for hydroxylation is 2. The van der Waals surface area contributed by atoms with Gasteiger partial charge in [0.1, 0.15) is 0 Å². The fraction of sp³-hybridized carbons (Fsp3) is 0.278. The van der Waals surface area contributed by atoms with Crippen LogP contribution in [-0.2, 0) is 17.6 Å². The summed E-state index contributed by atoms with van der Waals surface area (Å²) in [5.74, 6) is -2.81. The molecule has 0 heterocycles. The summed E-state index contributed by atoms with van der Waals surface area (Å²) in [4.78, 5) is 10.9. The van der Waals surface area contributed by atoms with E-state index in [1.165, 1.54) is 12.1 Å². The van der Waals surface area contributed by atoms with E-state index >= 15 is 0 Å². The van der Waals surface area contributed by atoms with Crippen LogP contribution >= 0.6 is 0 Å². The van der Waals surface area contributed by atoms with Crippen LogP contribution < -0.4 is 0 Å². The van der Waals surface area contributed by atoms with Crippen molar-refractivity contribution in [1.82, 2.24) is 0 Å². The van der Waals surface area contributed by atoms with Gasteiger partial charge in [0.2, 0.25) is 0 Å². The third-order valence-electron chi connectivity index (χ3n) is 4.30. The molecule has 0 fully saturated rings.